The van der Waals surface area contributed by atoms with Crippen LogP contribution in [0.5, 0.6) is 0 Å². The summed E-state index contributed by atoms with van der Waals surface area (Å²) in [6.45, 7) is 0. The number of halogens is 1. The number of hydrogen-bond donors (Lipinski definition) is 2. The standard InChI is InChI=1S/C13H11BrN2O3S2/c14-10-5-6-20-13(10)21(18,19)16-9-2-3-11-8(7-9)1-4-12(17)15-11/h2-3,5-7,16H,1,4H2,(H,15,17). The van der Waals surface area contributed by atoms with Crippen LogP contribution >= 0.6 is 27.3 Å². The summed E-state index contributed by atoms with van der Waals surface area (Å²) in [5.74, 6) is -0.0154. The molecule has 0 saturated heterocycles. The first-order chi connectivity index (χ1) is 9.95. The second kappa shape index (κ2) is 5.43. The Labute approximate surface area is 134 Å². The largest absolute Gasteiger partial charge is 0.326 e. The van der Waals surface area contributed by atoms with Crippen LogP contribution < -0.4 is 10.0 Å². The summed E-state index contributed by atoms with van der Waals surface area (Å²) in [7, 11) is -3.60. The molecule has 3 rings (SSSR count). The molecule has 0 radical (unpaired) electrons. The third kappa shape index (κ3) is 2.97. The molecule has 5 nitrogen and oxygen atoms in total. The van der Waals surface area contributed by atoms with Crippen LogP contribution in [0.15, 0.2) is 38.3 Å². The first-order valence-electron chi connectivity index (χ1n) is 6.14. The molecule has 0 fully saturated rings. The van der Waals surface area contributed by atoms with E-state index in [0.717, 1.165) is 22.6 Å². The van der Waals surface area contributed by atoms with Gasteiger partial charge in [0.1, 0.15) is 0 Å². The number of thiophene rings is 1. The number of carbonyl (C=O) groups excluding carboxylic acids is 1. The Hall–Kier alpha value is -1.38. The zero-order valence-electron chi connectivity index (χ0n) is 10.7. The summed E-state index contributed by atoms with van der Waals surface area (Å²) >= 11 is 4.38. The zero-order valence-corrected chi connectivity index (χ0v) is 13.9. The maximum Gasteiger partial charge on any atom is 0.272 e. The van der Waals surface area contributed by atoms with Gasteiger partial charge in [0.25, 0.3) is 10.0 Å². The van der Waals surface area contributed by atoms with Gasteiger partial charge in [-0.25, -0.2) is 8.42 Å². The lowest BCUT2D eigenvalue weighted by Gasteiger charge is -2.18. The van der Waals surface area contributed by atoms with Crippen molar-refractivity contribution in [3.05, 3.63) is 39.7 Å². The van der Waals surface area contributed by atoms with Gasteiger partial charge in [0.05, 0.1) is 0 Å². The summed E-state index contributed by atoms with van der Waals surface area (Å²) < 4.78 is 28.0. The number of fused-ring (bicyclic) bond motifs is 1. The van der Waals surface area contributed by atoms with Crippen molar-refractivity contribution in [3.63, 3.8) is 0 Å². The molecule has 1 amide bonds. The Kier molecular flexibility index (Phi) is 3.76. The lowest BCUT2D eigenvalue weighted by molar-refractivity contribution is -0.116. The molecule has 110 valence electrons. The zero-order chi connectivity index (χ0) is 15.0. The highest BCUT2D eigenvalue weighted by Gasteiger charge is 2.21. The summed E-state index contributed by atoms with van der Waals surface area (Å²) in [5, 5.41) is 4.47. The highest BCUT2D eigenvalue weighted by molar-refractivity contribution is 9.10. The second-order valence-corrected chi connectivity index (χ2v) is 8.23. The Balaban J connectivity index is 1.89. The minimum absolute atomic E-state index is 0.0154. The fraction of sp³-hybridized carbons (Fsp3) is 0.154. The summed E-state index contributed by atoms with van der Waals surface area (Å²) in [5.41, 5.74) is 2.16. The molecule has 0 bridgehead atoms. The van der Waals surface area contributed by atoms with Gasteiger partial charge in [-0.15, -0.1) is 11.3 Å². The lowest BCUT2D eigenvalue weighted by Crippen LogP contribution is -2.19. The maximum atomic E-state index is 12.3. The topological polar surface area (TPSA) is 75.3 Å². The predicted octanol–water partition coefficient (Wildman–Crippen LogP) is 3.20. The monoisotopic (exact) mass is 386 g/mol. The van der Waals surface area contributed by atoms with Crippen molar-refractivity contribution in [2.45, 2.75) is 17.1 Å². The van der Waals surface area contributed by atoms with Crippen LogP contribution in [0.4, 0.5) is 11.4 Å². The second-order valence-electron chi connectivity index (χ2n) is 4.58. The van der Waals surface area contributed by atoms with Crippen LogP contribution in [0, 0.1) is 0 Å². The molecular weight excluding hydrogens is 376 g/mol. The van der Waals surface area contributed by atoms with E-state index in [0.29, 0.717) is 23.0 Å². The average Bonchev–Trinajstić information content (AvgIpc) is 2.86. The number of carbonyl (C=O) groups is 1. The van der Waals surface area contributed by atoms with Gasteiger partial charge in [-0.2, -0.15) is 0 Å². The minimum atomic E-state index is -3.60. The first kappa shape index (κ1) is 14.6. The van der Waals surface area contributed by atoms with Crippen LogP contribution in [0.1, 0.15) is 12.0 Å². The predicted molar refractivity (Wildman–Crippen MR) is 86.2 cm³/mol. The van der Waals surface area contributed by atoms with Crippen LogP contribution in [0.25, 0.3) is 0 Å². The SMILES string of the molecule is O=C1CCc2cc(NS(=O)(=O)c3sccc3Br)ccc2N1. The molecule has 0 aliphatic carbocycles. The van der Waals surface area contributed by atoms with E-state index in [1.807, 2.05) is 0 Å². The van der Waals surface area contributed by atoms with Crippen LogP contribution in [-0.4, -0.2) is 14.3 Å². The normalized spacial score (nSPS) is 14.4. The number of benzene rings is 1. The molecule has 2 aromatic rings. The highest BCUT2D eigenvalue weighted by atomic mass is 79.9. The first-order valence-corrected chi connectivity index (χ1v) is 9.30. The molecule has 2 N–H and O–H groups in total. The van der Waals surface area contributed by atoms with E-state index in [1.54, 1.807) is 29.6 Å². The molecular formula is C13H11BrN2O3S2. The number of hydrogen-bond acceptors (Lipinski definition) is 4. The number of nitrogens with one attached hydrogen (secondary N) is 2. The quantitative estimate of drug-likeness (QED) is 0.850. The molecule has 0 atom stereocenters. The fourth-order valence-corrected chi connectivity index (χ4v) is 5.51. The summed E-state index contributed by atoms with van der Waals surface area (Å²) in [6, 6.07) is 6.81. The summed E-state index contributed by atoms with van der Waals surface area (Å²) in [4.78, 5) is 11.3. The van der Waals surface area contributed by atoms with Gasteiger partial charge in [-0.05, 0) is 57.6 Å². The molecule has 2 heterocycles. The molecule has 1 aliphatic heterocycles. The van der Waals surface area contributed by atoms with Crippen molar-refractivity contribution in [1.29, 1.82) is 0 Å². The van der Waals surface area contributed by atoms with Crippen molar-refractivity contribution < 1.29 is 13.2 Å². The average molecular weight is 387 g/mol. The van der Waals surface area contributed by atoms with Gasteiger partial charge < -0.3 is 5.32 Å². The fourth-order valence-electron chi connectivity index (χ4n) is 2.12. The minimum Gasteiger partial charge on any atom is -0.326 e. The molecule has 0 unspecified atom stereocenters. The van der Waals surface area contributed by atoms with Crippen molar-refractivity contribution in [1.82, 2.24) is 0 Å². The van der Waals surface area contributed by atoms with Crippen molar-refractivity contribution >= 4 is 54.6 Å². The molecule has 0 saturated carbocycles. The van der Waals surface area contributed by atoms with Gasteiger partial charge in [-0.3, -0.25) is 9.52 Å². The van der Waals surface area contributed by atoms with Crippen molar-refractivity contribution in [3.8, 4) is 0 Å². The van der Waals surface area contributed by atoms with E-state index >= 15 is 0 Å². The molecule has 1 aliphatic rings. The highest BCUT2D eigenvalue weighted by Crippen LogP contribution is 2.31. The number of amides is 1. The van der Waals surface area contributed by atoms with Crippen LogP contribution in [0.3, 0.4) is 0 Å². The van der Waals surface area contributed by atoms with Crippen LogP contribution in [-0.2, 0) is 21.2 Å². The van der Waals surface area contributed by atoms with E-state index in [4.69, 9.17) is 0 Å². The van der Waals surface area contributed by atoms with Crippen LogP contribution in [0.2, 0.25) is 0 Å². The molecule has 8 heteroatoms. The van der Waals surface area contributed by atoms with E-state index in [9.17, 15) is 13.2 Å². The summed E-state index contributed by atoms with van der Waals surface area (Å²) in [6.07, 6.45) is 1.03. The van der Waals surface area contributed by atoms with Crippen molar-refractivity contribution in [2.24, 2.45) is 0 Å². The Morgan fingerprint density at radius 1 is 1.24 bits per heavy atom. The molecule has 1 aromatic heterocycles. The van der Waals surface area contributed by atoms with Crippen molar-refractivity contribution in [2.75, 3.05) is 10.0 Å². The van der Waals surface area contributed by atoms with Gasteiger partial charge in [0.15, 0.2) is 4.21 Å². The number of sulfonamides is 1. The molecule has 1 aromatic carbocycles. The smallest absolute Gasteiger partial charge is 0.272 e. The van der Waals surface area contributed by atoms with Gasteiger partial charge in [0, 0.05) is 22.3 Å². The Morgan fingerprint density at radius 3 is 2.76 bits per heavy atom. The van der Waals surface area contributed by atoms with Gasteiger partial charge in [-0.1, -0.05) is 0 Å². The lowest BCUT2D eigenvalue weighted by atomic mass is 10.0. The maximum absolute atomic E-state index is 12.3. The number of anilines is 2. The molecule has 21 heavy (non-hydrogen) atoms. The Morgan fingerprint density at radius 2 is 2.05 bits per heavy atom. The third-order valence-corrected chi connectivity index (χ3v) is 7.13. The molecule has 0 spiro atoms. The van der Waals surface area contributed by atoms with E-state index in [-0.39, 0.29) is 10.1 Å². The van der Waals surface area contributed by atoms with E-state index < -0.39 is 10.0 Å². The van der Waals surface area contributed by atoms with E-state index in [1.165, 1.54) is 0 Å². The van der Waals surface area contributed by atoms with Gasteiger partial charge >= 0.3 is 0 Å². The third-order valence-electron chi connectivity index (χ3n) is 3.08. The number of aryl methyl sites for hydroxylation is 1. The van der Waals surface area contributed by atoms with E-state index in [2.05, 4.69) is 26.0 Å². The van der Waals surface area contributed by atoms with Gasteiger partial charge in [0.2, 0.25) is 5.91 Å². The Bertz CT molecular complexity index is 815. The number of rotatable bonds is 3.